The number of aliphatic hydroxyl groups excluding tert-OH is 1. The van der Waals surface area contributed by atoms with Crippen LogP contribution in [-0.2, 0) is 9.47 Å². The first-order valence-corrected chi connectivity index (χ1v) is 5.07. The van der Waals surface area contributed by atoms with E-state index in [4.69, 9.17) is 9.47 Å². The lowest BCUT2D eigenvalue weighted by atomic mass is 10.0. The second-order valence-corrected chi connectivity index (χ2v) is 3.66. The Bertz CT molecular complexity index is 323. The van der Waals surface area contributed by atoms with Crippen molar-refractivity contribution < 1.29 is 14.6 Å². The summed E-state index contributed by atoms with van der Waals surface area (Å²) in [5.41, 5.74) is 1.83. The Morgan fingerprint density at radius 1 is 1.53 bits per heavy atom. The van der Waals surface area contributed by atoms with Crippen LogP contribution in [0, 0.1) is 6.92 Å². The lowest BCUT2D eigenvalue weighted by molar-refractivity contribution is -0.133. The second-order valence-electron chi connectivity index (χ2n) is 3.66. The standard InChI is InChI=1S/C11H15NO3/c1-8-2-3-12-6-9(8)11(13)10-7-14-4-5-15-10/h2-3,6,10-11,13H,4-5,7H2,1H3. The van der Waals surface area contributed by atoms with Gasteiger partial charge in [0.2, 0.25) is 0 Å². The predicted octanol–water partition coefficient (Wildman–Crippen LogP) is 0.839. The Balaban J connectivity index is 2.12. The molecule has 1 aliphatic heterocycles. The van der Waals surface area contributed by atoms with Crippen molar-refractivity contribution in [1.29, 1.82) is 0 Å². The number of nitrogens with zero attached hydrogens (tertiary/aromatic N) is 1. The third kappa shape index (κ3) is 2.34. The molecule has 1 aliphatic rings. The number of aryl methyl sites for hydroxylation is 1. The molecule has 0 aromatic carbocycles. The molecule has 0 amide bonds. The molecule has 82 valence electrons. The largest absolute Gasteiger partial charge is 0.386 e. The van der Waals surface area contributed by atoms with Crippen molar-refractivity contribution in [3.8, 4) is 0 Å². The fraction of sp³-hybridized carbons (Fsp3) is 0.545. The highest BCUT2D eigenvalue weighted by Crippen LogP contribution is 2.23. The van der Waals surface area contributed by atoms with Crippen molar-refractivity contribution in [1.82, 2.24) is 4.98 Å². The van der Waals surface area contributed by atoms with Crippen LogP contribution in [0.1, 0.15) is 17.2 Å². The Morgan fingerprint density at radius 3 is 3.07 bits per heavy atom. The zero-order chi connectivity index (χ0) is 10.7. The first-order chi connectivity index (χ1) is 7.29. The van der Waals surface area contributed by atoms with Crippen molar-refractivity contribution in [2.24, 2.45) is 0 Å². The highest BCUT2D eigenvalue weighted by molar-refractivity contribution is 5.24. The zero-order valence-corrected chi connectivity index (χ0v) is 8.72. The maximum Gasteiger partial charge on any atom is 0.111 e. The maximum absolute atomic E-state index is 10.1. The summed E-state index contributed by atoms with van der Waals surface area (Å²) in [6.07, 6.45) is 2.46. The normalized spacial score (nSPS) is 23.7. The van der Waals surface area contributed by atoms with Crippen LogP contribution in [0.4, 0.5) is 0 Å². The molecule has 4 heteroatoms. The van der Waals surface area contributed by atoms with E-state index in [1.165, 1.54) is 0 Å². The highest BCUT2D eigenvalue weighted by atomic mass is 16.6. The third-order valence-electron chi connectivity index (χ3n) is 2.59. The smallest absolute Gasteiger partial charge is 0.111 e. The van der Waals surface area contributed by atoms with Gasteiger partial charge in [0.25, 0.3) is 0 Å². The molecule has 1 fully saturated rings. The molecule has 2 rings (SSSR count). The molecule has 2 heterocycles. The molecule has 0 saturated carbocycles. The Labute approximate surface area is 88.9 Å². The van der Waals surface area contributed by atoms with Gasteiger partial charge in [-0.05, 0) is 18.6 Å². The van der Waals surface area contributed by atoms with E-state index in [0.717, 1.165) is 11.1 Å². The molecular weight excluding hydrogens is 194 g/mol. The molecule has 0 radical (unpaired) electrons. The van der Waals surface area contributed by atoms with E-state index in [1.54, 1.807) is 12.4 Å². The van der Waals surface area contributed by atoms with Crippen LogP contribution in [0.15, 0.2) is 18.5 Å². The average Bonchev–Trinajstić information content (AvgIpc) is 2.30. The van der Waals surface area contributed by atoms with Crippen molar-refractivity contribution in [3.05, 3.63) is 29.6 Å². The van der Waals surface area contributed by atoms with Crippen LogP contribution in [-0.4, -0.2) is 36.0 Å². The minimum atomic E-state index is -0.654. The fourth-order valence-corrected chi connectivity index (χ4v) is 1.67. The summed E-state index contributed by atoms with van der Waals surface area (Å²) in [5.74, 6) is 0. The Kier molecular flexibility index (Phi) is 3.30. The summed E-state index contributed by atoms with van der Waals surface area (Å²) in [6, 6.07) is 1.88. The molecule has 1 N–H and O–H groups in total. The van der Waals surface area contributed by atoms with Crippen LogP contribution in [0.25, 0.3) is 0 Å². The van der Waals surface area contributed by atoms with Crippen molar-refractivity contribution in [2.45, 2.75) is 19.1 Å². The maximum atomic E-state index is 10.1. The molecule has 4 nitrogen and oxygen atoms in total. The molecule has 2 unspecified atom stereocenters. The van der Waals surface area contributed by atoms with Gasteiger partial charge in [-0.1, -0.05) is 0 Å². The lowest BCUT2D eigenvalue weighted by Crippen LogP contribution is -2.34. The molecular formula is C11H15NO3. The molecule has 0 aliphatic carbocycles. The quantitative estimate of drug-likeness (QED) is 0.784. The van der Waals surface area contributed by atoms with Gasteiger partial charge in [-0.3, -0.25) is 4.98 Å². The minimum absolute atomic E-state index is 0.276. The van der Waals surface area contributed by atoms with Crippen molar-refractivity contribution >= 4 is 0 Å². The lowest BCUT2D eigenvalue weighted by Gasteiger charge is -2.27. The first-order valence-electron chi connectivity index (χ1n) is 5.07. The van der Waals surface area contributed by atoms with Crippen LogP contribution in [0.2, 0.25) is 0 Å². The van der Waals surface area contributed by atoms with Gasteiger partial charge in [-0.2, -0.15) is 0 Å². The number of aliphatic hydroxyl groups is 1. The fourth-order valence-electron chi connectivity index (χ4n) is 1.67. The molecule has 1 aromatic heterocycles. The first kappa shape index (κ1) is 10.5. The van der Waals surface area contributed by atoms with Gasteiger partial charge >= 0.3 is 0 Å². The van der Waals surface area contributed by atoms with E-state index >= 15 is 0 Å². The summed E-state index contributed by atoms with van der Waals surface area (Å²) >= 11 is 0. The molecule has 15 heavy (non-hydrogen) atoms. The summed E-state index contributed by atoms with van der Waals surface area (Å²) < 4.78 is 10.7. The van der Waals surface area contributed by atoms with E-state index in [0.29, 0.717) is 19.8 Å². The van der Waals surface area contributed by atoms with E-state index in [9.17, 15) is 5.11 Å². The van der Waals surface area contributed by atoms with Crippen molar-refractivity contribution in [2.75, 3.05) is 19.8 Å². The van der Waals surface area contributed by atoms with Crippen LogP contribution in [0.3, 0.4) is 0 Å². The van der Waals surface area contributed by atoms with E-state index in [-0.39, 0.29) is 6.10 Å². The molecule has 2 atom stereocenters. The van der Waals surface area contributed by atoms with E-state index in [2.05, 4.69) is 4.98 Å². The molecule has 0 bridgehead atoms. The Hall–Kier alpha value is -0.970. The number of rotatable bonds is 2. The molecule has 0 spiro atoms. The van der Waals surface area contributed by atoms with Gasteiger partial charge in [0, 0.05) is 18.0 Å². The van der Waals surface area contributed by atoms with Crippen LogP contribution < -0.4 is 0 Å². The monoisotopic (exact) mass is 209 g/mol. The van der Waals surface area contributed by atoms with Gasteiger partial charge in [-0.15, -0.1) is 0 Å². The average molecular weight is 209 g/mol. The zero-order valence-electron chi connectivity index (χ0n) is 8.72. The molecule has 1 saturated heterocycles. The Morgan fingerprint density at radius 2 is 2.40 bits per heavy atom. The highest BCUT2D eigenvalue weighted by Gasteiger charge is 2.25. The SMILES string of the molecule is Cc1ccncc1C(O)C1COCCO1. The second kappa shape index (κ2) is 4.70. The van der Waals surface area contributed by atoms with Crippen molar-refractivity contribution in [3.63, 3.8) is 0 Å². The van der Waals surface area contributed by atoms with Crippen LogP contribution in [0.5, 0.6) is 0 Å². The van der Waals surface area contributed by atoms with Gasteiger partial charge in [0.05, 0.1) is 19.8 Å². The number of ether oxygens (including phenoxy) is 2. The number of hydrogen-bond donors (Lipinski definition) is 1. The summed E-state index contributed by atoms with van der Waals surface area (Å²) in [5, 5.41) is 10.1. The van der Waals surface area contributed by atoms with E-state index < -0.39 is 6.10 Å². The number of hydrogen-bond acceptors (Lipinski definition) is 4. The summed E-state index contributed by atoms with van der Waals surface area (Å²) in [6.45, 7) is 3.54. The van der Waals surface area contributed by atoms with Crippen LogP contribution >= 0.6 is 0 Å². The third-order valence-corrected chi connectivity index (χ3v) is 2.59. The number of pyridine rings is 1. The summed E-state index contributed by atoms with van der Waals surface area (Å²) in [7, 11) is 0. The van der Waals surface area contributed by atoms with Gasteiger partial charge in [0.1, 0.15) is 12.2 Å². The number of aromatic nitrogens is 1. The van der Waals surface area contributed by atoms with E-state index in [1.807, 2.05) is 13.0 Å². The molecule has 1 aromatic rings. The topological polar surface area (TPSA) is 51.6 Å². The van der Waals surface area contributed by atoms with Gasteiger partial charge in [-0.25, -0.2) is 0 Å². The van der Waals surface area contributed by atoms with Gasteiger partial charge < -0.3 is 14.6 Å². The summed E-state index contributed by atoms with van der Waals surface area (Å²) in [4.78, 5) is 4.01. The minimum Gasteiger partial charge on any atom is -0.386 e. The predicted molar refractivity (Wildman–Crippen MR) is 54.5 cm³/mol. The van der Waals surface area contributed by atoms with Gasteiger partial charge in [0.15, 0.2) is 0 Å².